The molecule has 1 atom stereocenters. The van der Waals surface area contributed by atoms with Gasteiger partial charge in [0, 0.05) is 18.6 Å². The summed E-state index contributed by atoms with van der Waals surface area (Å²) in [4.78, 5) is 11.2. The van der Waals surface area contributed by atoms with Crippen LogP contribution in [0.3, 0.4) is 0 Å². The monoisotopic (exact) mass is 220 g/mol. The van der Waals surface area contributed by atoms with Gasteiger partial charge in [-0.25, -0.2) is 0 Å². The van der Waals surface area contributed by atoms with Crippen LogP contribution >= 0.6 is 11.8 Å². The predicted molar refractivity (Wildman–Crippen MR) is 65.3 cm³/mol. The number of hydrogen-bond acceptors (Lipinski definition) is 2. The van der Waals surface area contributed by atoms with Gasteiger partial charge in [0.05, 0.1) is 0 Å². The van der Waals surface area contributed by atoms with Gasteiger partial charge in [0.1, 0.15) is 5.78 Å². The third-order valence-electron chi connectivity index (χ3n) is 3.01. The Labute approximate surface area is 95.3 Å². The van der Waals surface area contributed by atoms with Crippen molar-refractivity contribution in [3.05, 3.63) is 35.4 Å². The van der Waals surface area contributed by atoms with Gasteiger partial charge in [0.15, 0.2) is 0 Å². The molecule has 2 rings (SSSR count). The summed E-state index contributed by atoms with van der Waals surface area (Å²) in [5.74, 6) is 1.98. The van der Waals surface area contributed by atoms with E-state index in [-0.39, 0.29) is 0 Å². The number of hydrogen-bond donors (Lipinski definition) is 0. The molecule has 1 aromatic rings. The van der Waals surface area contributed by atoms with Gasteiger partial charge in [0.25, 0.3) is 0 Å². The molecule has 0 saturated heterocycles. The van der Waals surface area contributed by atoms with Crippen molar-refractivity contribution in [1.82, 2.24) is 0 Å². The number of carbonyl (C=O) groups excluding carboxylic acids is 1. The number of ketones is 1. The van der Waals surface area contributed by atoms with E-state index in [9.17, 15) is 4.79 Å². The Morgan fingerprint density at radius 2 is 2.07 bits per heavy atom. The quantitative estimate of drug-likeness (QED) is 0.776. The molecule has 0 aliphatic heterocycles. The number of Topliss-reactive ketones (excluding diaryl/α,β-unsaturated/α-hetero) is 1. The van der Waals surface area contributed by atoms with Crippen LogP contribution in [0.25, 0.3) is 0 Å². The average Bonchev–Trinajstić information content (AvgIpc) is 2.67. The Morgan fingerprint density at radius 3 is 2.60 bits per heavy atom. The van der Waals surface area contributed by atoms with E-state index in [0.717, 1.165) is 25.0 Å². The minimum Gasteiger partial charge on any atom is -0.300 e. The average molecular weight is 220 g/mol. The Hall–Kier alpha value is -0.760. The van der Waals surface area contributed by atoms with E-state index >= 15 is 0 Å². The molecule has 1 fully saturated rings. The molecule has 0 bridgehead atoms. The van der Waals surface area contributed by atoms with Crippen LogP contribution in [0.4, 0.5) is 0 Å². The fourth-order valence-electron chi connectivity index (χ4n) is 2.15. The van der Waals surface area contributed by atoms with Gasteiger partial charge >= 0.3 is 0 Å². The first-order chi connectivity index (χ1) is 7.29. The first-order valence-corrected chi connectivity index (χ1v) is 6.78. The van der Waals surface area contributed by atoms with Gasteiger partial charge < -0.3 is 0 Å². The molecule has 1 nitrogen and oxygen atoms in total. The first kappa shape index (κ1) is 10.7. The molecule has 0 heterocycles. The lowest BCUT2D eigenvalue weighted by Gasteiger charge is -2.08. The summed E-state index contributed by atoms with van der Waals surface area (Å²) in [6.45, 7) is 0. The SMILES string of the molecule is CSCc1ccc(C2CCC(=O)C2)cc1. The van der Waals surface area contributed by atoms with Gasteiger partial charge in [-0.15, -0.1) is 0 Å². The molecule has 2 heteroatoms. The smallest absolute Gasteiger partial charge is 0.133 e. The third-order valence-corrected chi connectivity index (χ3v) is 3.63. The van der Waals surface area contributed by atoms with Crippen LogP contribution in [-0.2, 0) is 10.5 Å². The summed E-state index contributed by atoms with van der Waals surface area (Å²) in [6, 6.07) is 8.76. The molecule has 0 aromatic heterocycles. The maximum Gasteiger partial charge on any atom is 0.133 e. The lowest BCUT2D eigenvalue weighted by molar-refractivity contribution is -0.117. The fourth-order valence-corrected chi connectivity index (χ4v) is 2.68. The molecule has 1 aliphatic carbocycles. The molecule has 0 amide bonds. The van der Waals surface area contributed by atoms with Crippen LogP contribution in [0.15, 0.2) is 24.3 Å². The Kier molecular flexibility index (Phi) is 3.47. The van der Waals surface area contributed by atoms with Gasteiger partial charge in [-0.05, 0) is 29.7 Å². The molecule has 1 aliphatic rings. The molecule has 0 N–H and O–H groups in total. The minimum absolute atomic E-state index is 0.424. The Bertz CT molecular complexity index is 342. The summed E-state index contributed by atoms with van der Waals surface area (Å²) < 4.78 is 0. The predicted octanol–water partition coefficient (Wildman–Crippen LogP) is 3.39. The van der Waals surface area contributed by atoms with Crippen molar-refractivity contribution in [2.45, 2.75) is 30.9 Å². The van der Waals surface area contributed by atoms with Crippen LogP contribution in [0.5, 0.6) is 0 Å². The molecular formula is C13H16OS. The molecule has 0 radical (unpaired) electrons. The minimum atomic E-state index is 0.424. The summed E-state index contributed by atoms with van der Waals surface area (Å²) in [5.41, 5.74) is 2.71. The topological polar surface area (TPSA) is 17.1 Å². The van der Waals surface area contributed by atoms with E-state index in [0.29, 0.717) is 11.7 Å². The molecule has 1 aromatic carbocycles. The highest BCUT2D eigenvalue weighted by atomic mass is 32.2. The maximum atomic E-state index is 11.2. The molecule has 0 spiro atoms. The van der Waals surface area contributed by atoms with Crippen molar-refractivity contribution in [2.75, 3.05) is 6.26 Å². The largest absolute Gasteiger partial charge is 0.300 e. The zero-order chi connectivity index (χ0) is 10.7. The highest BCUT2D eigenvalue weighted by Crippen LogP contribution is 2.32. The van der Waals surface area contributed by atoms with E-state index in [4.69, 9.17) is 0 Å². The lowest BCUT2D eigenvalue weighted by Crippen LogP contribution is -1.94. The van der Waals surface area contributed by atoms with E-state index in [1.165, 1.54) is 11.1 Å². The van der Waals surface area contributed by atoms with Crippen molar-refractivity contribution in [3.63, 3.8) is 0 Å². The van der Waals surface area contributed by atoms with Crippen molar-refractivity contribution in [2.24, 2.45) is 0 Å². The first-order valence-electron chi connectivity index (χ1n) is 5.39. The highest BCUT2D eigenvalue weighted by molar-refractivity contribution is 7.97. The molecular weight excluding hydrogens is 204 g/mol. The molecule has 80 valence electrons. The van der Waals surface area contributed by atoms with E-state index in [1.807, 2.05) is 11.8 Å². The maximum absolute atomic E-state index is 11.2. The van der Waals surface area contributed by atoms with Crippen LogP contribution in [-0.4, -0.2) is 12.0 Å². The van der Waals surface area contributed by atoms with E-state index < -0.39 is 0 Å². The van der Waals surface area contributed by atoms with Gasteiger partial charge in [-0.2, -0.15) is 11.8 Å². The summed E-state index contributed by atoms with van der Waals surface area (Å²) in [5, 5.41) is 0. The van der Waals surface area contributed by atoms with Crippen molar-refractivity contribution >= 4 is 17.5 Å². The lowest BCUT2D eigenvalue weighted by atomic mass is 9.97. The van der Waals surface area contributed by atoms with Crippen molar-refractivity contribution in [3.8, 4) is 0 Å². The van der Waals surface area contributed by atoms with Crippen LogP contribution in [0.2, 0.25) is 0 Å². The zero-order valence-corrected chi connectivity index (χ0v) is 9.85. The Morgan fingerprint density at radius 1 is 1.33 bits per heavy atom. The van der Waals surface area contributed by atoms with Gasteiger partial charge in [-0.1, -0.05) is 24.3 Å². The molecule has 15 heavy (non-hydrogen) atoms. The number of carbonyl (C=O) groups is 1. The van der Waals surface area contributed by atoms with Crippen molar-refractivity contribution < 1.29 is 4.79 Å². The van der Waals surface area contributed by atoms with Gasteiger partial charge in [-0.3, -0.25) is 4.79 Å². The molecule has 1 unspecified atom stereocenters. The van der Waals surface area contributed by atoms with E-state index in [1.54, 1.807) is 0 Å². The molecule has 1 saturated carbocycles. The summed E-state index contributed by atoms with van der Waals surface area (Å²) in [6.07, 6.45) is 4.68. The van der Waals surface area contributed by atoms with E-state index in [2.05, 4.69) is 30.5 Å². The number of thioether (sulfide) groups is 1. The zero-order valence-electron chi connectivity index (χ0n) is 9.03. The van der Waals surface area contributed by atoms with Crippen LogP contribution < -0.4 is 0 Å². The summed E-state index contributed by atoms with van der Waals surface area (Å²) in [7, 11) is 0. The third kappa shape index (κ3) is 2.63. The second kappa shape index (κ2) is 4.84. The van der Waals surface area contributed by atoms with Crippen LogP contribution in [0, 0.1) is 0 Å². The highest BCUT2D eigenvalue weighted by Gasteiger charge is 2.23. The number of benzene rings is 1. The summed E-state index contributed by atoms with van der Waals surface area (Å²) >= 11 is 1.84. The fraction of sp³-hybridized carbons (Fsp3) is 0.462. The second-order valence-electron chi connectivity index (χ2n) is 4.15. The Balaban J connectivity index is 2.06. The normalized spacial score (nSPS) is 20.9. The van der Waals surface area contributed by atoms with Crippen LogP contribution in [0.1, 0.15) is 36.3 Å². The van der Waals surface area contributed by atoms with Crippen molar-refractivity contribution in [1.29, 1.82) is 0 Å². The second-order valence-corrected chi connectivity index (χ2v) is 5.02. The van der Waals surface area contributed by atoms with Gasteiger partial charge in [0.2, 0.25) is 0 Å². The standard InChI is InChI=1S/C13H16OS/c1-15-9-10-2-4-11(5-3-10)12-6-7-13(14)8-12/h2-5,12H,6-9H2,1H3. The number of rotatable bonds is 3.